The van der Waals surface area contributed by atoms with Crippen LogP contribution in [0.3, 0.4) is 0 Å². The third-order valence-corrected chi connectivity index (χ3v) is 4.21. The minimum absolute atomic E-state index is 0.0154. The number of alkyl halides is 1. The molecule has 0 radical (unpaired) electrons. The number of nitrogens with one attached hydrogen (secondary N) is 1. The quantitative estimate of drug-likeness (QED) is 0.805. The molecule has 98 valence electrons. The minimum atomic E-state index is 0.0154. The fourth-order valence-corrected chi connectivity index (χ4v) is 2.75. The topological polar surface area (TPSA) is 46.9 Å². The van der Waals surface area contributed by atoms with Crippen LogP contribution in [0.15, 0.2) is 17.2 Å². The number of rotatable bonds is 6. The van der Waals surface area contributed by atoms with Gasteiger partial charge in [-0.3, -0.25) is 4.79 Å². The summed E-state index contributed by atoms with van der Waals surface area (Å²) in [5.41, 5.74) is 0.331. The first kappa shape index (κ1) is 12.0. The number of hydrogen-bond donors (Lipinski definition) is 1. The van der Waals surface area contributed by atoms with Gasteiger partial charge in [0, 0.05) is 30.9 Å². The molecule has 2 aliphatic rings. The molecule has 0 atom stereocenters. The monoisotopic (exact) mass is 267 g/mol. The fraction of sp³-hybridized carbons (Fsp3) is 0.692. The van der Waals surface area contributed by atoms with Crippen molar-refractivity contribution in [2.75, 3.05) is 17.7 Å². The van der Waals surface area contributed by atoms with Crippen molar-refractivity contribution in [1.82, 2.24) is 9.55 Å². The van der Waals surface area contributed by atoms with Gasteiger partial charge in [-0.25, -0.2) is 4.98 Å². The standard InChI is InChI=1S/C13H18ClN3O/c14-6-5-13(3-4-13)9-16-11-12(18)17(8-7-15-11)10-1-2-10/h7-8,10H,1-6,9H2,(H,15,16). The molecule has 2 fully saturated rings. The lowest BCUT2D eigenvalue weighted by Crippen LogP contribution is -2.26. The van der Waals surface area contributed by atoms with E-state index in [1.54, 1.807) is 17.0 Å². The molecule has 4 nitrogen and oxygen atoms in total. The molecular formula is C13H18ClN3O. The van der Waals surface area contributed by atoms with Crippen molar-refractivity contribution in [2.24, 2.45) is 5.41 Å². The van der Waals surface area contributed by atoms with Gasteiger partial charge in [0.1, 0.15) is 0 Å². The Morgan fingerprint density at radius 1 is 1.50 bits per heavy atom. The average Bonchev–Trinajstić information content (AvgIpc) is 3.24. The van der Waals surface area contributed by atoms with Gasteiger partial charge in [0.15, 0.2) is 5.82 Å². The van der Waals surface area contributed by atoms with Crippen molar-refractivity contribution in [2.45, 2.75) is 38.1 Å². The fourth-order valence-electron chi connectivity index (χ4n) is 2.35. The lowest BCUT2D eigenvalue weighted by atomic mass is 10.0. The zero-order valence-corrected chi connectivity index (χ0v) is 11.1. The van der Waals surface area contributed by atoms with E-state index in [1.807, 2.05) is 0 Å². The van der Waals surface area contributed by atoms with Gasteiger partial charge in [-0.15, -0.1) is 11.6 Å². The number of halogens is 1. The van der Waals surface area contributed by atoms with Crippen LogP contribution in [0.1, 0.15) is 38.1 Å². The van der Waals surface area contributed by atoms with E-state index in [0.29, 0.717) is 23.2 Å². The van der Waals surface area contributed by atoms with E-state index in [9.17, 15) is 4.79 Å². The zero-order chi connectivity index (χ0) is 12.6. The summed E-state index contributed by atoms with van der Waals surface area (Å²) >= 11 is 5.80. The Kier molecular flexibility index (Phi) is 3.06. The number of nitrogens with zero attached hydrogens (tertiary/aromatic N) is 2. The van der Waals surface area contributed by atoms with Gasteiger partial charge in [0.25, 0.3) is 5.56 Å². The molecule has 1 heterocycles. The van der Waals surface area contributed by atoms with E-state index in [1.165, 1.54) is 12.8 Å². The average molecular weight is 268 g/mol. The van der Waals surface area contributed by atoms with Crippen molar-refractivity contribution >= 4 is 17.4 Å². The summed E-state index contributed by atoms with van der Waals surface area (Å²) < 4.78 is 1.80. The van der Waals surface area contributed by atoms with Gasteiger partial charge in [-0.1, -0.05) is 0 Å². The SMILES string of the molecule is O=c1c(NCC2(CCCl)CC2)nccn1C1CC1. The van der Waals surface area contributed by atoms with Crippen molar-refractivity contribution < 1.29 is 0 Å². The van der Waals surface area contributed by atoms with Crippen LogP contribution in [0.5, 0.6) is 0 Å². The normalized spacial score (nSPS) is 20.7. The molecule has 1 aromatic heterocycles. The zero-order valence-electron chi connectivity index (χ0n) is 10.4. The molecule has 0 amide bonds. The highest BCUT2D eigenvalue weighted by atomic mass is 35.5. The van der Waals surface area contributed by atoms with Crippen LogP contribution in [0.25, 0.3) is 0 Å². The smallest absolute Gasteiger partial charge is 0.293 e. The molecule has 0 aromatic carbocycles. The lowest BCUT2D eigenvalue weighted by molar-refractivity contribution is 0.523. The molecule has 0 aliphatic heterocycles. The van der Waals surface area contributed by atoms with Gasteiger partial charge in [-0.05, 0) is 37.5 Å². The highest BCUT2D eigenvalue weighted by Gasteiger charge is 2.41. The van der Waals surface area contributed by atoms with Crippen LogP contribution in [0.4, 0.5) is 5.82 Å². The molecule has 5 heteroatoms. The summed E-state index contributed by atoms with van der Waals surface area (Å²) in [5, 5.41) is 3.22. The number of anilines is 1. The Labute approximate surface area is 111 Å². The molecule has 0 unspecified atom stereocenters. The van der Waals surface area contributed by atoms with Gasteiger partial charge in [0.2, 0.25) is 0 Å². The lowest BCUT2D eigenvalue weighted by Gasteiger charge is -2.15. The van der Waals surface area contributed by atoms with E-state index in [-0.39, 0.29) is 5.56 Å². The van der Waals surface area contributed by atoms with E-state index in [2.05, 4.69) is 10.3 Å². The third kappa shape index (κ3) is 2.39. The predicted octanol–water partition coefficient (Wildman–Crippen LogP) is 2.40. The second kappa shape index (κ2) is 4.57. The van der Waals surface area contributed by atoms with Gasteiger partial charge in [-0.2, -0.15) is 0 Å². The first-order valence-corrected chi connectivity index (χ1v) is 7.15. The first-order valence-electron chi connectivity index (χ1n) is 6.61. The molecule has 3 rings (SSSR count). The first-order chi connectivity index (χ1) is 8.74. The van der Waals surface area contributed by atoms with Crippen molar-refractivity contribution in [3.05, 3.63) is 22.7 Å². The largest absolute Gasteiger partial charge is 0.365 e. The summed E-state index contributed by atoms with van der Waals surface area (Å²) in [4.78, 5) is 16.3. The van der Waals surface area contributed by atoms with E-state index in [4.69, 9.17) is 11.6 Å². The highest BCUT2D eigenvalue weighted by Crippen LogP contribution is 2.48. The maximum Gasteiger partial charge on any atom is 0.293 e. The van der Waals surface area contributed by atoms with Crippen LogP contribution in [0.2, 0.25) is 0 Å². The van der Waals surface area contributed by atoms with Gasteiger partial charge in [0.05, 0.1) is 0 Å². The summed E-state index contributed by atoms with van der Waals surface area (Å²) in [6.07, 6.45) is 9.15. The van der Waals surface area contributed by atoms with Crippen LogP contribution in [-0.2, 0) is 0 Å². The van der Waals surface area contributed by atoms with Crippen molar-refractivity contribution in [3.8, 4) is 0 Å². The number of hydrogen-bond acceptors (Lipinski definition) is 3. The summed E-state index contributed by atoms with van der Waals surface area (Å²) in [6, 6.07) is 0.402. The van der Waals surface area contributed by atoms with Crippen LogP contribution in [-0.4, -0.2) is 22.0 Å². The summed E-state index contributed by atoms with van der Waals surface area (Å²) in [5.74, 6) is 1.18. The van der Waals surface area contributed by atoms with E-state index < -0.39 is 0 Å². The van der Waals surface area contributed by atoms with Crippen LogP contribution >= 0.6 is 11.6 Å². The van der Waals surface area contributed by atoms with Crippen LogP contribution in [0, 0.1) is 5.41 Å². The third-order valence-electron chi connectivity index (χ3n) is 4.02. The summed E-state index contributed by atoms with van der Waals surface area (Å²) in [6.45, 7) is 0.816. The van der Waals surface area contributed by atoms with Crippen LogP contribution < -0.4 is 10.9 Å². The minimum Gasteiger partial charge on any atom is -0.365 e. The molecule has 1 N–H and O–H groups in total. The molecule has 18 heavy (non-hydrogen) atoms. The Balaban J connectivity index is 1.69. The molecular weight excluding hydrogens is 250 g/mol. The Bertz CT molecular complexity index is 491. The molecule has 2 aliphatic carbocycles. The highest BCUT2D eigenvalue weighted by molar-refractivity contribution is 6.17. The summed E-state index contributed by atoms with van der Waals surface area (Å²) in [7, 11) is 0. The molecule has 0 bridgehead atoms. The van der Waals surface area contributed by atoms with Crippen molar-refractivity contribution in [1.29, 1.82) is 0 Å². The molecule has 0 saturated heterocycles. The second-order valence-electron chi connectivity index (χ2n) is 5.51. The molecule has 2 saturated carbocycles. The van der Waals surface area contributed by atoms with Gasteiger partial charge < -0.3 is 9.88 Å². The maximum atomic E-state index is 12.2. The van der Waals surface area contributed by atoms with E-state index in [0.717, 1.165) is 25.8 Å². The maximum absolute atomic E-state index is 12.2. The van der Waals surface area contributed by atoms with Crippen molar-refractivity contribution in [3.63, 3.8) is 0 Å². The number of aromatic nitrogens is 2. The van der Waals surface area contributed by atoms with E-state index >= 15 is 0 Å². The molecule has 0 spiro atoms. The Morgan fingerprint density at radius 2 is 2.28 bits per heavy atom. The van der Waals surface area contributed by atoms with Gasteiger partial charge >= 0.3 is 0 Å². The second-order valence-corrected chi connectivity index (χ2v) is 5.89. The molecule has 1 aromatic rings. The Morgan fingerprint density at radius 3 is 2.89 bits per heavy atom. The Hall–Kier alpha value is -1.03. The predicted molar refractivity (Wildman–Crippen MR) is 72.3 cm³/mol.